The molecule has 7 heteroatoms. The molecular weight excluding hydrogens is 284 g/mol. The molecule has 2 rings (SSSR count). The summed E-state index contributed by atoms with van der Waals surface area (Å²) in [5, 5.41) is 0. The summed E-state index contributed by atoms with van der Waals surface area (Å²) in [5.41, 5.74) is 0.938. The Kier molecular flexibility index (Phi) is 3.86. The van der Waals surface area contributed by atoms with Crippen molar-refractivity contribution in [3.05, 3.63) is 29.8 Å². The molecule has 1 aromatic rings. The Morgan fingerprint density at radius 3 is 2.35 bits per heavy atom. The number of cyclic esters (lactones) is 1. The van der Waals surface area contributed by atoms with Crippen LogP contribution in [-0.2, 0) is 28.6 Å². The van der Waals surface area contributed by atoms with Crippen LogP contribution in [0.3, 0.4) is 0 Å². The number of hydrogen-bond acceptors (Lipinski definition) is 6. The van der Waals surface area contributed by atoms with E-state index in [9.17, 15) is 13.2 Å². The second-order valence-corrected chi connectivity index (χ2v) is 6.59. The topological polar surface area (TPSA) is 78.9 Å². The summed E-state index contributed by atoms with van der Waals surface area (Å²) in [5.74, 6) is -1.69. The minimum Gasteiger partial charge on any atom is -0.432 e. The van der Waals surface area contributed by atoms with Gasteiger partial charge in [-0.05, 0) is 19.1 Å². The third-order valence-corrected chi connectivity index (χ3v) is 4.02. The van der Waals surface area contributed by atoms with Crippen molar-refractivity contribution in [2.75, 3.05) is 6.61 Å². The van der Waals surface area contributed by atoms with E-state index in [4.69, 9.17) is 13.7 Å². The van der Waals surface area contributed by atoms with Crippen molar-refractivity contribution < 1.29 is 26.9 Å². The van der Waals surface area contributed by atoms with Crippen LogP contribution in [0.1, 0.15) is 19.4 Å². The van der Waals surface area contributed by atoms with Gasteiger partial charge in [0.15, 0.2) is 6.10 Å². The molecule has 0 unspecified atom stereocenters. The maximum Gasteiger partial charge on any atom is 0.340 e. The van der Waals surface area contributed by atoms with Gasteiger partial charge in [-0.25, -0.2) is 4.79 Å². The van der Waals surface area contributed by atoms with Crippen molar-refractivity contribution in [1.29, 1.82) is 0 Å². The fourth-order valence-electron chi connectivity index (χ4n) is 1.75. The molecule has 0 N–H and O–H groups in total. The highest BCUT2D eigenvalue weighted by Gasteiger charge is 2.41. The lowest BCUT2D eigenvalue weighted by Crippen LogP contribution is -2.26. The maximum atomic E-state index is 11.9. The van der Waals surface area contributed by atoms with Crippen LogP contribution in [0, 0.1) is 6.92 Å². The zero-order valence-corrected chi connectivity index (χ0v) is 12.3. The largest absolute Gasteiger partial charge is 0.432 e. The maximum absolute atomic E-state index is 11.9. The van der Waals surface area contributed by atoms with Crippen molar-refractivity contribution in [2.45, 2.75) is 37.6 Å². The van der Waals surface area contributed by atoms with E-state index < -0.39 is 34.6 Å². The number of carbonyl (C=O) groups excluding carboxylic acids is 1. The second kappa shape index (κ2) is 5.16. The van der Waals surface area contributed by atoms with E-state index in [2.05, 4.69) is 0 Å². The predicted molar refractivity (Wildman–Crippen MR) is 69.4 cm³/mol. The van der Waals surface area contributed by atoms with Crippen LogP contribution < -0.4 is 0 Å². The monoisotopic (exact) mass is 300 g/mol. The predicted octanol–water partition coefficient (Wildman–Crippen LogP) is 1.38. The van der Waals surface area contributed by atoms with E-state index >= 15 is 0 Å². The van der Waals surface area contributed by atoms with Crippen LogP contribution in [-0.4, -0.2) is 32.9 Å². The summed E-state index contributed by atoms with van der Waals surface area (Å²) in [6, 6.07) is 6.23. The Morgan fingerprint density at radius 1 is 1.25 bits per heavy atom. The lowest BCUT2D eigenvalue weighted by atomic mass is 10.2. The number of aryl methyl sites for hydroxylation is 1. The first-order valence-corrected chi connectivity index (χ1v) is 7.47. The molecule has 1 aromatic carbocycles. The smallest absolute Gasteiger partial charge is 0.340 e. The first kappa shape index (κ1) is 15.0. The van der Waals surface area contributed by atoms with Gasteiger partial charge in [0.05, 0.1) is 4.90 Å². The molecular formula is C13H16O6S. The van der Waals surface area contributed by atoms with Crippen LogP contribution in [0.25, 0.3) is 0 Å². The van der Waals surface area contributed by atoms with Gasteiger partial charge in [-0.3, -0.25) is 4.18 Å². The average molecular weight is 300 g/mol. The summed E-state index contributed by atoms with van der Waals surface area (Å²) in [6.45, 7) is 4.58. The van der Waals surface area contributed by atoms with Crippen molar-refractivity contribution in [1.82, 2.24) is 0 Å². The van der Waals surface area contributed by atoms with Crippen LogP contribution in [0.15, 0.2) is 29.2 Å². The number of esters is 1. The Bertz CT molecular complexity index is 602. The van der Waals surface area contributed by atoms with E-state index in [1.54, 1.807) is 26.0 Å². The van der Waals surface area contributed by atoms with E-state index in [0.717, 1.165) is 5.56 Å². The molecule has 1 heterocycles. The fraction of sp³-hybridized carbons (Fsp3) is 0.462. The molecule has 0 amide bonds. The van der Waals surface area contributed by atoms with E-state index in [0.29, 0.717) is 0 Å². The van der Waals surface area contributed by atoms with Gasteiger partial charge >= 0.3 is 5.97 Å². The lowest BCUT2D eigenvalue weighted by Gasteiger charge is -2.15. The molecule has 0 spiro atoms. The van der Waals surface area contributed by atoms with Crippen molar-refractivity contribution in [3.8, 4) is 0 Å². The standard InChI is InChI=1S/C13H16O6S/c1-9-4-6-10(7-5-9)20(15,16)17-8-11-12(14)19-13(2,3)18-11/h4-7,11H,8H2,1-3H3/t11-/m1/s1. The minimum absolute atomic E-state index is 0.0359. The Morgan fingerprint density at radius 2 is 1.85 bits per heavy atom. The van der Waals surface area contributed by atoms with E-state index in [-0.39, 0.29) is 4.90 Å². The minimum atomic E-state index is -3.91. The van der Waals surface area contributed by atoms with Gasteiger partial charge < -0.3 is 9.47 Å². The number of carbonyl (C=O) groups is 1. The molecule has 0 aromatic heterocycles. The molecule has 1 aliphatic heterocycles. The molecule has 0 radical (unpaired) electrons. The van der Waals surface area contributed by atoms with Crippen molar-refractivity contribution in [2.24, 2.45) is 0 Å². The first-order chi connectivity index (χ1) is 9.20. The summed E-state index contributed by atoms with van der Waals surface area (Å²) in [6.07, 6.45) is -1.04. The number of hydrogen-bond donors (Lipinski definition) is 0. The zero-order valence-electron chi connectivity index (χ0n) is 11.5. The molecule has 6 nitrogen and oxygen atoms in total. The molecule has 1 fully saturated rings. The van der Waals surface area contributed by atoms with Gasteiger partial charge in [0.1, 0.15) is 6.61 Å². The molecule has 1 aliphatic rings. The number of ether oxygens (including phenoxy) is 2. The van der Waals surface area contributed by atoms with Gasteiger partial charge in [0.2, 0.25) is 5.79 Å². The number of rotatable bonds is 4. The van der Waals surface area contributed by atoms with E-state index in [1.807, 2.05) is 6.92 Å². The molecule has 1 atom stereocenters. The molecule has 20 heavy (non-hydrogen) atoms. The third-order valence-electron chi connectivity index (χ3n) is 2.72. The van der Waals surface area contributed by atoms with Gasteiger partial charge in [-0.15, -0.1) is 0 Å². The second-order valence-electron chi connectivity index (χ2n) is 4.98. The van der Waals surface area contributed by atoms with Crippen molar-refractivity contribution >= 4 is 16.1 Å². The summed E-state index contributed by atoms with van der Waals surface area (Å²) < 4.78 is 38.9. The molecule has 0 aliphatic carbocycles. The number of benzene rings is 1. The van der Waals surface area contributed by atoms with Gasteiger partial charge in [-0.1, -0.05) is 17.7 Å². The summed E-state index contributed by atoms with van der Waals surface area (Å²) in [7, 11) is -3.91. The summed E-state index contributed by atoms with van der Waals surface area (Å²) in [4.78, 5) is 11.5. The zero-order chi connectivity index (χ0) is 15.0. The highest BCUT2D eigenvalue weighted by atomic mass is 32.2. The van der Waals surface area contributed by atoms with Crippen molar-refractivity contribution in [3.63, 3.8) is 0 Å². The lowest BCUT2D eigenvalue weighted by molar-refractivity contribution is -0.161. The van der Waals surface area contributed by atoms with Crippen LogP contribution in [0.4, 0.5) is 0 Å². The van der Waals surface area contributed by atoms with Gasteiger partial charge in [-0.2, -0.15) is 8.42 Å². The average Bonchev–Trinajstić information content (AvgIpc) is 2.60. The van der Waals surface area contributed by atoms with E-state index in [1.165, 1.54) is 12.1 Å². The SMILES string of the molecule is Cc1ccc(S(=O)(=O)OC[C@H]2OC(C)(C)OC2=O)cc1. The quantitative estimate of drug-likeness (QED) is 0.617. The molecule has 1 saturated heterocycles. The van der Waals surface area contributed by atoms with Crippen LogP contribution in [0.5, 0.6) is 0 Å². The molecule has 0 bridgehead atoms. The Labute approximate surface area is 117 Å². The highest BCUT2D eigenvalue weighted by molar-refractivity contribution is 7.86. The Hall–Kier alpha value is -1.44. The molecule has 0 saturated carbocycles. The van der Waals surface area contributed by atoms with Crippen LogP contribution in [0.2, 0.25) is 0 Å². The fourth-order valence-corrected chi connectivity index (χ4v) is 2.66. The first-order valence-electron chi connectivity index (χ1n) is 6.06. The normalized spacial score (nSPS) is 21.8. The third kappa shape index (κ3) is 3.36. The van der Waals surface area contributed by atoms with Gasteiger partial charge in [0, 0.05) is 13.8 Å². The Balaban J connectivity index is 2.03. The highest BCUT2D eigenvalue weighted by Crippen LogP contribution is 2.24. The van der Waals surface area contributed by atoms with Gasteiger partial charge in [0.25, 0.3) is 10.1 Å². The summed E-state index contributed by atoms with van der Waals surface area (Å²) >= 11 is 0. The molecule has 110 valence electrons. The van der Waals surface area contributed by atoms with Crippen LogP contribution >= 0.6 is 0 Å².